The summed E-state index contributed by atoms with van der Waals surface area (Å²) in [5, 5.41) is 8.73. The maximum Gasteiger partial charge on any atom is 0.274 e. The average molecular weight is 318 g/mol. The number of carbonyl (C=O) groups is 2. The highest BCUT2D eigenvalue weighted by molar-refractivity contribution is 5.93. The third kappa shape index (κ3) is 4.18. The molecule has 1 amide bonds. The van der Waals surface area contributed by atoms with Crippen molar-refractivity contribution in [2.24, 2.45) is 5.41 Å². The summed E-state index contributed by atoms with van der Waals surface area (Å²) in [5.74, 6) is -0.499. The van der Waals surface area contributed by atoms with Gasteiger partial charge in [-0.2, -0.15) is 0 Å². The Hall–Kier alpha value is -1.72. The minimum atomic E-state index is -0.499. The van der Waals surface area contributed by atoms with Crippen LogP contribution in [0.2, 0.25) is 0 Å². The van der Waals surface area contributed by atoms with E-state index in [1.807, 2.05) is 12.1 Å². The first-order chi connectivity index (χ1) is 11.0. The third-order valence-corrected chi connectivity index (χ3v) is 4.85. The Morgan fingerprint density at radius 2 is 2.17 bits per heavy atom. The van der Waals surface area contributed by atoms with Gasteiger partial charge in [0.1, 0.15) is 6.29 Å². The van der Waals surface area contributed by atoms with Crippen LogP contribution in [-0.2, 0) is 17.6 Å². The number of nitrogens with one attached hydrogen (secondary N) is 1. The summed E-state index contributed by atoms with van der Waals surface area (Å²) in [7, 11) is 2.10. The molecule has 1 aliphatic carbocycles. The van der Waals surface area contributed by atoms with Crippen LogP contribution in [0, 0.1) is 5.41 Å². The van der Waals surface area contributed by atoms with Gasteiger partial charge in [0.15, 0.2) is 0 Å². The summed E-state index contributed by atoms with van der Waals surface area (Å²) in [6, 6.07) is 5.43. The van der Waals surface area contributed by atoms with E-state index in [0.29, 0.717) is 5.56 Å². The largest absolute Gasteiger partial charge is 0.306 e. The Kier molecular flexibility index (Phi) is 5.91. The number of aryl methyl sites for hydroxylation is 1. The lowest BCUT2D eigenvalue weighted by atomic mass is 9.70. The first-order valence-electron chi connectivity index (χ1n) is 8.24. The number of hydrogen-bond acceptors (Lipinski definition) is 4. The molecule has 1 aromatic rings. The van der Waals surface area contributed by atoms with Gasteiger partial charge in [-0.3, -0.25) is 10.0 Å². The summed E-state index contributed by atoms with van der Waals surface area (Å²) in [6.07, 6.45) is 5.44. The van der Waals surface area contributed by atoms with Gasteiger partial charge in [0.2, 0.25) is 0 Å². The van der Waals surface area contributed by atoms with Crippen LogP contribution in [-0.4, -0.2) is 42.4 Å². The van der Waals surface area contributed by atoms with Gasteiger partial charge in [-0.05, 0) is 75.5 Å². The molecular formula is C18H26N2O3. The molecule has 0 bridgehead atoms. The third-order valence-electron chi connectivity index (χ3n) is 4.85. The lowest BCUT2D eigenvalue weighted by Gasteiger charge is -2.35. The predicted molar refractivity (Wildman–Crippen MR) is 88.6 cm³/mol. The molecule has 1 atom stereocenters. The molecule has 126 valence electrons. The van der Waals surface area contributed by atoms with E-state index in [1.165, 1.54) is 0 Å². The highest BCUT2D eigenvalue weighted by atomic mass is 16.5. The highest BCUT2D eigenvalue weighted by Gasteiger charge is 2.34. The number of hydrogen-bond donors (Lipinski definition) is 2. The van der Waals surface area contributed by atoms with Crippen molar-refractivity contribution in [2.75, 3.05) is 20.1 Å². The summed E-state index contributed by atoms with van der Waals surface area (Å²) < 4.78 is 0. The van der Waals surface area contributed by atoms with Gasteiger partial charge < -0.3 is 9.69 Å². The first-order valence-corrected chi connectivity index (χ1v) is 8.24. The second-order valence-electron chi connectivity index (χ2n) is 6.63. The number of amides is 1. The van der Waals surface area contributed by atoms with Gasteiger partial charge in [0.05, 0.1) is 0 Å². The molecule has 1 aliphatic rings. The topological polar surface area (TPSA) is 69.6 Å². The minimum Gasteiger partial charge on any atom is -0.306 e. The molecule has 0 saturated heterocycles. The smallest absolute Gasteiger partial charge is 0.274 e. The quantitative estimate of drug-likeness (QED) is 0.459. The molecule has 2 rings (SSSR count). The highest BCUT2D eigenvalue weighted by Crippen LogP contribution is 2.37. The van der Waals surface area contributed by atoms with Crippen molar-refractivity contribution in [1.82, 2.24) is 10.4 Å². The Labute approximate surface area is 137 Å². The molecule has 0 heterocycles. The van der Waals surface area contributed by atoms with Crippen LogP contribution in [0.3, 0.4) is 0 Å². The monoisotopic (exact) mass is 318 g/mol. The molecule has 0 radical (unpaired) electrons. The van der Waals surface area contributed by atoms with E-state index < -0.39 is 5.91 Å². The second kappa shape index (κ2) is 7.70. The molecule has 5 heteroatoms. The molecule has 0 aliphatic heterocycles. The van der Waals surface area contributed by atoms with Crippen molar-refractivity contribution in [1.29, 1.82) is 0 Å². The lowest BCUT2D eigenvalue weighted by molar-refractivity contribution is -0.117. The zero-order chi connectivity index (χ0) is 16.9. The van der Waals surface area contributed by atoms with Gasteiger partial charge in [-0.15, -0.1) is 0 Å². The second-order valence-corrected chi connectivity index (χ2v) is 6.63. The van der Waals surface area contributed by atoms with Crippen molar-refractivity contribution in [2.45, 2.75) is 39.0 Å². The fourth-order valence-electron chi connectivity index (χ4n) is 3.37. The normalized spacial score (nSPS) is 20.2. The van der Waals surface area contributed by atoms with Gasteiger partial charge in [0.25, 0.3) is 5.91 Å². The maximum absolute atomic E-state index is 11.8. The molecule has 0 saturated carbocycles. The van der Waals surface area contributed by atoms with E-state index in [1.54, 1.807) is 11.5 Å². The van der Waals surface area contributed by atoms with Crippen molar-refractivity contribution in [3.05, 3.63) is 34.9 Å². The van der Waals surface area contributed by atoms with Crippen molar-refractivity contribution >= 4 is 12.2 Å². The number of aldehydes is 1. The summed E-state index contributed by atoms with van der Waals surface area (Å²) in [4.78, 5) is 25.5. The number of fused-ring (bicyclic) bond motifs is 1. The Morgan fingerprint density at radius 3 is 2.83 bits per heavy atom. The standard InChI is InChI=1S/C18H26N2O3/c1-3-9-20(2)10-8-18(13-21)7-6-14-11-15(17(22)19-23)4-5-16(14)12-18/h4-5,11,13,23H,3,6-10,12H2,1-2H3,(H,19,22)/t18-/m0/s1. The van der Waals surface area contributed by atoms with E-state index >= 15 is 0 Å². The average Bonchev–Trinajstić information content (AvgIpc) is 2.59. The lowest BCUT2D eigenvalue weighted by Crippen LogP contribution is -2.35. The Morgan fingerprint density at radius 1 is 1.39 bits per heavy atom. The van der Waals surface area contributed by atoms with E-state index in [4.69, 9.17) is 5.21 Å². The molecule has 23 heavy (non-hydrogen) atoms. The van der Waals surface area contributed by atoms with Crippen LogP contribution < -0.4 is 5.48 Å². The summed E-state index contributed by atoms with van der Waals surface area (Å²) in [5.41, 5.74) is 4.05. The predicted octanol–water partition coefficient (Wildman–Crippen LogP) is 2.21. The van der Waals surface area contributed by atoms with E-state index in [2.05, 4.69) is 18.9 Å². The number of rotatable bonds is 7. The van der Waals surface area contributed by atoms with Crippen LogP contribution in [0.1, 0.15) is 47.7 Å². The number of benzene rings is 1. The molecule has 0 aromatic heterocycles. The van der Waals surface area contributed by atoms with Crippen LogP contribution in [0.4, 0.5) is 0 Å². The fraction of sp³-hybridized carbons (Fsp3) is 0.556. The molecule has 0 spiro atoms. The molecular weight excluding hydrogens is 292 g/mol. The number of hydroxylamine groups is 1. The molecule has 0 unspecified atom stereocenters. The van der Waals surface area contributed by atoms with Crippen molar-refractivity contribution in [3.63, 3.8) is 0 Å². The molecule has 2 N–H and O–H groups in total. The van der Waals surface area contributed by atoms with Crippen LogP contribution in [0.25, 0.3) is 0 Å². The van der Waals surface area contributed by atoms with Crippen molar-refractivity contribution < 1.29 is 14.8 Å². The van der Waals surface area contributed by atoms with Crippen LogP contribution in [0.15, 0.2) is 18.2 Å². The van der Waals surface area contributed by atoms with Crippen LogP contribution in [0.5, 0.6) is 0 Å². The zero-order valence-electron chi connectivity index (χ0n) is 14.0. The minimum absolute atomic E-state index is 0.296. The van der Waals surface area contributed by atoms with Crippen molar-refractivity contribution in [3.8, 4) is 0 Å². The van der Waals surface area contributed by atoms with E-state index in [-0.39, 0.29) is 5.41 Å². The van der Waals surface area contributed by atoms with E-state index in [9.17, 15) is 9.59 Å². The SMILES string of the molecule is CCCN(C)CC[C@@]1(C=O)CCc2cc(C(=O)NO)ccc2C1. The molecule has 1 aromatic carbocycles. The Balaban J connectivity index is 2.10. The van der Waals surface area contributed by atoms with Gasteiger partial charge in [-0.1, -0.05) is 13.0 Å². The van der Waals surface area contributed by atoms with E-state index in [0.717, 1.165) is 62.6 Å². The van der Waals surface area contributed by atoms with Gasteiger partial charge in [-0.25, -0.2) is 5.48 Å². The fourth-order valence-corrected chi connectivity index (χ4v) is 3.37. The maximum atomic E-state index is 11.8. The zero-order valence-corrected chi connectivity index (χ0v) is 14.0. The number of nitrogens with zero attached hydrogens (tertiary/aromatic N) is 1. The Bertz CT molecular complexity index is 573. The van der Waals surface area contributed by atoms with Gasteiger partial charge in [0, 0.05) is 11.0 Å². The molecule has 5 nitrogen and oxygen atoms in total. The van der Waals surface area contributed by atoms with Crippen LogP contribution >= 0.6 is 0 Å². The van der Waals surface area contributed by atoms with Gasteiger partial charge >= 0.3 is 0 Å². The number of carbonyl (C=O) groups excluding carboxylic acids is 2. The summed E-state index contributed by atoms with van der Waals surface area (Å²) >= 11 is 0. The summed E-state index contributed by atoms with van der Waals surface area (Å²) in [6.45, 7) is 4.13. The first kappa shape index (κ1) is 17.6. The molecule has 0 fully saturated rings.